The first-order chi connectivity index (χ1) is 7.06. The van der Waals surface area contributed by atoms with Crippen LogP contribution in [0.25, 0.3) is 0 Å². The molecule has 0 spiro atoms. The van der Waals surface area contributed by atoms with Crippen molar-refractivity contribution < 1.29 is 9.66 Å². The Labute approximate surface area is 88.0 Å². The molecule has 0 aliphatic carbocycles. The van der Waals surface area contributed by atoms with Crippen LogP contribution in [0.2, 0.25) is 0 Å². The van der Waals surface area contributed by atoms with Gasteiger partial charge in [0, 0.05) is 18.7 Å². The first-order valence-electron chi connectivity index (χ1n) is 4.64. The lowest BCUT2D eigenvalue weighted by molar-refractivity contribution is -0.385. The van der Waals surface area contributed by atoms with E-state index in [4.69, 9.17) is 10.5 Å². The van der Waals surface area contributed by atoms with Gasteiger partial charge < -0.3 is 10.5 Å². The number of nitrogens with two attached hydrogens (primary N) is 1. The normalized spacial score (nSPS) is 10.1. The van der Waals surface area contributed by atoms with Crippen LogP contribution < -0.4 is 10.5 Å². The fraction of sp³-hybridized carbons (Fsp3) is 0.400. The second kappa shape index (κ2) is 4.75. The fourth-order valence-electron chi connectivity index (χ4n) is 1.42. The molecule has 0 aromatic heterocycles. The SMILES string of the molecule is Cc1cc([N+](=O)[O-])cc(C)c1OCCN. The van der Waals surface area contributed by atoms with Crippen LogP contribution in [0.1, 0.15) is 11.1 Å². The van der Waals surface area contributed by atoms with Crippen molar-refractivity contribution in [3.63, 3.8) is 0 Å². The number of benzene rings is 1. The van der Waals surface area contributed by atoms with Gasteiger partial charge in [-0.3, -0.25) is 10.1 Å². The highest BCUT2D eigenvalue weighted by Crippen LogP contribution is 2.27. The highest BCUT2D eigenvalue weighted by molar-refractivity contribution is 5.48. The van der Waals surface area contributed by atoms with Crippen molar-refractivity contribution in [1.82, 2.24) is 0 Å². The molecule has 1 rings (SSSR count). The minimum atomic E-state index is -0.410. The Morgan fingerprint density at radius 3 is 2.33 bits per heavy atom. The summed E-state index contributed by atoms with van der Waals surface area (Å²) >= 11 is 0. The zero-order valence-corrected chi connectivity index (χ0v) is 8.82. The number of hydrogen-bond donors (Lipinski definition) is 1. The van der Waals surface area contributed by atoms with Crippen LogP contribution in [0.3, 0.4) is 0 Å². The van der Waals surface area contributed by atoms with Gasteiger partial charge in [-0.05, 0) is 25.0 Å². The molecule has 5 nitrogen and oxygen atoms in total. The van der Waals surface area contributed by atoms with Crippen LogP contribution in [0, 0.1) is 24.0 Å². The Bertz CT molecular complexity index is 354. The third-order valence-electron chi connectivity index (χ3n) is 2.02. The van der Waals surface area contributed by atoms with E-state index >= 15 is 0 Å². The Kier molecular flexibility index (Phi) is 3.62. The topological polar surface area (TPSA) is 78.4 Å². The predicted octanol–water partition coefficient (Wildman–Crippen LogP) is 1.55. The summed E-state index contributed by atoms with van der Waals surface area (Å²) in [4.78, 5) is 10.2. The summed E-state index contributed by atoms with van der Waals surface area (Å²) in [5.41, 5.74) is 6.93. The summed E-state index contributed by atoms with van der Waals surface area (Å²) in [5.74, 6) is 0.686. The number of nitro benzene ring substituents is 1. The maximum Gasteiger partial charge on any atom is 0.270 e. The number of hydrogen-bond acceptors (Lipinski definition) is 4. The van der Waals surface area contributed by atoms with Crippen LogP contribution in [0.5, 0.6) is 5.75 Å². The quantitative estimate of drug-likeness (QED) is 0.604. The summed E-state index contributed by atoms with van der Waals surface area (Å²) in [7, 11) is 0. The molecule has 1 aromatic rings. The minimum absolute atomic E-state index is 0.0881. The van der Waals surface area contributed by atoms with Gasteiger partial charge in [0.2, 0.25) is 0 Å². The van der Waals surface area contributed by atoms with Crippen molar-refractivity contribution in [3.05, 3.63) is 33.4 Å². The van der Waals surface area contributed by atoms with Crippen LogP contribution in [-0.2, 0) is 0 Å². The van der Waals surface area contributed by atoms with E-state index in [1.807, 2.05) is 0 Å². The molecular formula is C10H14N2O3. The number of nitro groups is 1. The zero-order chi connectivity index (χ0) is 11.4. The Hall–Kier alpha value is -1.62. The molecule has 82 valence electrons. The molecule has 0 amide bonds. The molecule has 0 radical (unpaired) electrons. The second-order valence-electron chi connectivity index (χ2n) is 3.30. The predicted molar refractivity (Wildman–Crippen MR) is 57.1 cm³/mol. The van der Waals surface area contributed by atoms with Crippen molar-refractivity contribution in [3.8, 4) is 5.75 Å². The summed E-state index contributed by atoms with van der Waals surface area (Å²) in [6.07, 6.45) is 0. The lowest BCUT2D eigenvalue weighted by atomic mass is 10.1. The van der Waals surface area contributed by atoms with E-state index in [2.05, 4.69) is 0 Å². The number of non-ortho nitro benzene ring substituents is 1. The van der Waals surface area contributed by atoms with Crippen molar-refractivity contribution >= 4 is 5.69 Å². The summed E-state index contributed by atoms with van der Waals surface area (Å²) < 4.78 is 5.40. The van der Waals surface area contributed by atoms with E-state index in [-0.39, 0.29) is 5.69 Å². The molecule has 0 bridgehead atoms. The third-order valence-corrected chi connectivity index (χ3v) is 2.02. The number of nitrogens with zero attached hydrogens (tertiary/aromatic N) is 1. The third kappa shape index (κ3) is 2.66. The molecule has 0 fully saturated rings. The maximum absolute atomic E-state index is 10.6. The highest BCUT2D eigenvalue weighted by atomic mass is 16.6. The molecule has 0 atom stereocenters. The lowest BCUT2D eigenvalue weighted by Gasteiger charge is -2.10. The molecule has 0 saturated heterocycles. The average Bonchev–Trinajstić information content (AvgIpc) is 2.16. The number of ether oxygens (including phenoxy) is 1. The van der Waals surface area contributed by atoms with Gasteiger partial charge in [-0.1, -0.05) is 0 Å². The van der Waals surface area contributed by atoms with E-state index in [1.54, 1.807) is 13.8 Å². The average molecular weight is 210 g/mol. The smallest absolute Gasteiger partial charge is 0.270 e. The van der Waals surface area contributed by atoms with Gasteiger partial charge in [0.05, 0.1) is 4.92 Å². The van der Waals surface area contributed by atoms with Crippen molar-refractivity contribution in [2.45, 2.75) is 13.8 Å². The van der Waals surface area contributed by atoms with Gasteiger partial charge in [-0.25, -0.2) is 0 Å². The molecule has 15 heavy (non-hydrogen) atoms. The molecule has 5 heteroatoms. The van der Waals surface area contributed by atoms with E-state index in [9.17, 15) is 10.1 Å². The molecule has 0 saturated carbocycles. The van der Waals surface area contributed by atoms with Gasteiger partial charge in [-0.2, -0.15) is 0 Å². The lowest BCUT2D eigenvalue weighted by Crippen LogP contribution is -2.11. The molecule has 0 unspecified atom stereocenters. The fourth-order valence-corrected chi connectivity index (χ4v) is 1.42. The van der Waals surface area contributed by atoms with E-state index in [0.717, 1.165) is 11.1 Å². The molecule has 0 aliphatic heterocycles. The Morgan fingerprint density at radius 2 is 1.93 bits per heavy atom. The van der Waals surface area contributed by atoms with Gasteiger partial charge in [0.1, 0.15) is 12.4 Å². The largest absolute Gasteiger partial charge is 0.492 e. The molecule has 0 heterocycles. The summed E-state index contributed by atoms with van der Waals surface area (Å²) in [6.45, 7) is 4.41. The number of aryl methyl sites for hydroxylation is 2. The Morgan fingerprint density at radius 1 is 1.40 bits per heavy atom. The zero-order valence-electron chi connectivity index (χ0n) is 8.82. The van der Waals surface area contributed by atoms with E-state index < -0.39 is 4.92 Å². The Balaban J connectivity index is 3.04. The molecule has 1 aromatic carbocycles. The number of rotatable bonds is 4. The van der Waals surface area contributed by atoms with Crippen LogP contribution in [0.4, 0.5) is 5.69 Å². The van der Waals surface area contributed by atoms with Crippen molar-refractivity contribution in [1.29, 1.82) is 0 Å². The molecule has 0 aliphatic rings. The summed E-state index contributed by atoms with van der Waals surface area (Å²) in [5, 5.41) is 10.6. The summed E-state index contributed by atoms with van der Waals surface area (Å²) in [6, 6.07) is 3.00. The van der Waals surface area contributed by atoms with E-state index in [0.29, 0.717) is 18.9 Å². The van der Waals surface area contributed by atoms with Crippen LogP contribution >= 0.6 is 0 Å². The highest BCUT2D eigenvalue weighted by Gasteiger charge is 2.12. The minimum Gasteiger partial charge on any atom is -0.492 e. The first kappa shape index (κ1) is 11.5. The second-order valence-corrected chi connectivity index (χ2v) is 3.30. The van der Waals surface area contributed by atoms with Crippen molar-refractivity contribution in [2.75, 3.05) is 13.2 Å². The standard InChI is InChI=1S/C10H14N2O3/c1-7-5-9(12(13)14)6-8(2)10(7)15-4-3-11/h5-6H,3-4,11H2,1-2H3. The monoisotopic (exact) mass is 210 g/mol. The van der Waals surface area contributed by atoms with Crippen LogP contribution in [0.15, 0.2) is 12.1 Å². The van der Waals surface area contributed by atoms with Gasteiger partial charge in [-0.15, -0.1) is 0 Å². The molecule has 2 N–H and O–H groups in total. The molecular weight excluding hydrogens is 196 g/mol. The van der Waals surface area contributed by atoms with E-state index in [1.165, 1.54) is 12.1 Å². The van der Waals surface area contributed by atoms with Gasteiger partial charge in [0.15, 0.2) is 0 Å². The van der Waals surface area contributed by atoms with Gasteiger partial charge >= 0.3 is 0 Å². The van der Waals surface area contributed by atoms with Crippen LogP contribution in [-0.4, -0.2) is 18.1 Å². The van der Waals surface area contributed by atoms with Gasteiger partial charge in [0.25, 0.3) is 5.69 Å². The maximum atomic E-state index is 10.6. The first-order valence-corrected chi connectivity index (χ1v) is 4.64. The van der Waals surface area contributed by atoms with Crippen molar-refractivity contribution in [2.24, 2.45) is 5.73 Å².